The Labute approximate surface area is 302 Å². The summed E-state index contributed by atoms with van der Waals surface area (Å²) < 4.78 is 6.52. The van der Waals surface area contributed by atoms with E-state index in [1.807, 2.05) is 0 Å². The van der Waals surface area contributed by atoms with E-state index in [-0.39, 0.29) is 0 Å². The highest BCUT2D eigenvalue weighted by Crippen LogP contribution is 2.44. The average Bonchev–Trinajstić information content (AvgIpc) is 3.60. The lowest BCUT2D eigenvalue weighted by molar-refractivity contribution is 0.673. The molecule has 0 amide bonds. The molecule has 0 spiro atoms. The zero-order valence-electron chi connectivity index (χ0n) is 28.4. The largest absolute Gasteiger partial charge is 0.455 e. The minimum atomic E-state index is 0.900. The van der Waals surface area contributed by atoms with E-state index in [4.69, 9.17) is 4.42 Å². The molecule has 0 atom stereocenters. The fraction of sp³-hybridized carbons (Fsp3) is 0. The molecule has 0 unspecified atom stereocenters. The van der Waals surface area contributed by atoms with E-state index in [9.17, 15) is 0 Å². The van der Waals surface area contributed by atoms with Crippen molar-refractivity contribution >= 4 is 60.5 Å². The van der Waals surface area contributed by atoms with Gasteiger partial charge in [0.2, 0.25) is 0 Å². The monoisotopic (exact) mass is 663 g/mol. The van der Waals surface area contributed by atoms with E-state index in [1.54, 1.807) is 0 Å². The summed E-state index contributed by atoms with van der Waals surface area (Å²) in [5, 5.41) is 7.08. The van der Waals surface area contributed by atoms with E-state index >= 15 is 0 Å². The van der Waals surface area contributed by atoms with Crippen molar-refractivity contribution in [3.05, 3.63) is 200 Å². The second-order valence-corrected chi connectivity index (χ2v) is 13.3. The highest BCUT2D eigenvalue weighted by Gasteiger charge is 2.19. The molecular weight excluding hydrogens is 631 g/mol. The number of rotatable bonds is 6. The van der Waals surface area contributed by atoms with Crippen molar-refractivity contribution in [1.29, 1.82) is 0 Å². The third-order valence-corrected chi connectivity index (χ3v) is 10.3. The quantitative estimate of drug-likeness (QED) is 0.176. The number of nitrogens with zero attached hydrogens (tertiary/aromatic N) is 1. The van der Waals surface area contributed by atoms with E-state index in [1.165, 1.54) is 38.4 Å². The van der Waals surface area contributed by atoms with Crippen LogP contribution in [0.15, 0.2) is 205 Å². The van der Waals surface area contributed by atoms with Gasteiger partial charge in [-0.05, 0) is 92.5 Å². The summed E-state index contributed by atoms with van der Waals surface area (Å²) >= 11 is 0. The molecule has 244 valence electrons. The van der Waals surface area contributed by atoms with Crippen LogP contribution in [0.3, 0.4) is 0 Å². The van der Waals surface area contributed by atoms with Crippen LogP contribution < -0.4 is 4.90 Å². The lowest BCUT2D eigenvalue weighted by atomic mass is 9.96. The zero-order valence-corrected chi connectivity index (χ0v) is 28.4. The smallest absolute Gasteiger partial charge is 0.143 e. The van der Waals surface area contributed by atoms with Gasteiger partial charge in [0, 0.05) is 33.1 Å². The summed E-state index contributed by atoms with van der Waals surface area (Å²) in [7, 11) is 0. The Morgan fingerprint density at radius 2 is 0.865 bits per heavy atom. The molecule has 0 aliphatic carbocycles. The van der Waals surface area contributed by atoms with Crippen molar-refractivity contribution in [1.82, 2.24) is 0 Å². The third kappa shape index (κ3) is 5.12. The first-order chi connectivity index (χ1) is 25.8. The number of para-hydroxylation sites is 1. The van der Waals surface area contributed by atoms with Gasteiger partial charge >= 0.3 is 0 Å². The number of furan rings is 1. The van der Waals surface area contributed by atoms with Crippen molar-refractivity contribution in [3.8, 4) is 33.4 Å². The summed E-state index contributed by atoms with van der Waals surface area (Å²) in [6.07, 6.45) is 0. The van der Waals surface area contributed by atoms with Crippen molar-refractivity contribution < 1.29 is 4.42 Å². The van der Waals surface area contributed by atoms with Gasteiger partial charge in [0.1, 0.15) is 11.2 Å². The molecule has 0 aliphatic heterocycles. The number of hydrogen-bond acceptors (Lipinski definition) is 2. The molecule has 10 aromatic rings. The highest BCUT2D eigenvalue weighted by molar-refractivity contribution is 6.15. The van der Waals surface area contributed by atoms with Crippen molar-refractivity contribution in [2.75, 3.05) is 4.90 Å². The molecule has 10 rings (SSSR count). The van der Waals surface area contributed by atoms with Gasteiger partial charge in [0.05, 0.1) is 5.69 Å². The topological polar surface area (TPSA) is 16.4 Å². The maximum Gasteiger partial charge on any atom is 0.143 e. The minimum absolute atomic E-state index is 0.900. The number of anilines is 3. The second kappa shape index (κ2) is 12.5. The van der Waals surface area contributed by atoms with Crippen molar-refractivity contribution in [2.24, 2.45) is 0 Å². The highest BCUT2D eigenvalue weighted by atomic mass is 16.3. The van der Waals surface area contributed by atoms with Crippen LogP contribution in [0.1, 0.15) is 0 Å². The SMILES string of the molecule is c1ccc(-c2ccc(N(c3ccc(-c4ccc5c(c4)oc4c6ccccc6ccc54)cc3)c3ccccc3-c3cccc4ccccc34)cc2)cc1. The number of fused-ring (bicyclic) bond motifs is 6. The van der Waals surface area contributed by atoms with Crippen LogP contribution in [-0.2, 0) is 0 Å². The molecule has 1 aromatic heterocycles. The fourth-order valence-electron chi connectivity index (χ4n) is 7.70. The maximum absolute atomic E-state index is 6.52. The van der Waals surface area contributed by atoms with Crippen LogP contribution in [0.25, 0.3) is 76.9 Å². The first-order valence-corrected chi connectivity index (χ1v) is 17.8. The lowest BCUT2D eigenvalue weighted by Crippen LogP contribution is -2.11. The number of hydrogen-bond donors (Lipinski definition) is 0. The first-order valence-electron chi connectivity index (χ1n) is 17.8. The molecule has 0 bridgehead atoms. The Balaban J connectivity index is 1.09. The van der Waals surface area contributed by atoms with Crippen LogP contribution in [0, 0.1) is 0 Å². The van der Waals surface area contributed by atoms with Gasteiger partial charge in [0.25, 0.3) is 0 Å². The second-order valence-electron chi connectivity index (χ2n) is 13.3. The average molecular weight is 664 g/mol. The summed E-state index contributed by atoms with van der Waals surface area (Å²) in [5.41, 5.74) is 12.2. The number of benzene rings is 9. The molecular formula is C50H33NO. The predicted octanol–water partition coefficient (Wildman–Crippen LogP) is 14.4. The Hall–Kier alpha value is -6.90. The normalized spacial score (nSPS) is 11.5. The van der Waals surface area contributed by atoms with Gasteiger partial charge in [-0.3, -0.25) is 0 Å². The van der Waals surface area contributed by atoms with Gasteiger partial charge in [-0.15, -0.1) is 0 Å². The lowest BCUT2D eigenvalue weighted by Gasteiger charge is -2.28. The van der Waals surface area contributed by atoms with Gasteiger partial charge in [-0.25, -0.2) is 0 Å². The van der Waals surface area contributed by atoms with E-state index < -0.39 is 0 Å². The molecule has 0 saturated carbocycles. The molecule has 1 heterocycles. The molecule has 0 saturated heterocycles. The molecule has 0 N–H and O–H groups in total. The van der Waals surface area contributed by atoms with Crippen molar-refractivity contribution in [2.45, 2.75) is 0 Å². The van der Waals surface area contributed by atoms with Crippen LogP contribution in [0.4, 0.5) is 17.1 Å². The fourth-order valence-corrected chi connectivity index (χ4v) is 7.70. The van der Waals surface area contributed by atoms with Crippen molar-refractivity contribution in [3.63, 3.8) is 0 Å². The predicted molar refractivity (Wildman–Crippen MR) is 220 cm³/mol. The van der Waals surface area contributed by atoms with Crippen LogP contribution in [0.2, 0.25) is 0 Å². The maximum atomic E-state index is 6.52. The van der Waals surface area contributed by atoms with Gasteiger partial charge in [0.15, 0.2) is 0 Å². The Morgan fingerprint density at radius 1 is 0.327 bits per heavy atom. The Kier molecular flexibility index (Phi) is 7.18. The molecule has 2 heteroatoms. The van der Waals surface area contributed by atoms with Crippen LogP contribution >= 0.6 is 0 Å². The van der Waals surface area contributed by atoms with E-state index in [2.05, 4.69) is 205 Å². The van der Waals surface area contributed by atoms with Crippen LogP contribution in [0.5, 0.6) is 0 Å². The molecule has 2 nitrogen and oxygen atoms in total. The zero-order chi connectivity index (χ0) is 34.4. The van der Waals surface area contributed by atoms with E-state index in [0.29, 0.717) is 0 Å². The molecule has 0 aliphatic rings. The van der Waals surface area contributed by atoms with Gasteiger partial charge < -0.3 is 9.32 Å². The summed E-state index contributed by atoms with van der Waals surface area (Å²) in [4.78, 5) is 2.38. The Morgan fingerprint density at radius 3 is 1.63 bits per heavy atom. The third-order valence-electron chi connectivity index (χ3n) is 10.3. The Bertz CT molecular complexity index is 2880. The summed E-state index contributed by atoms with van der Waals surface area (Å²) in [6.45, 7) is 0. The van der Waals surface area contributed by atoms with Gasteiger partial charge in [-0.2, -0.15) is 0 Å². The molecule has 52 heavy (non-hydrogen) atoms. The first kappa shape index (κ1) is 30.0. The summed E-state index contributed by atoms with van der Waals surface area (Å²) in [5.74, 6) is 0. The van der Waals surface area contributed by atoms with Gasteiger partial charge in [-0.1, -0.05) is 152 Å². The van der Waals surface area contributed by atoms with Crippen LogP contribution in [-0.4, -0.2) is 0 Å². The molecule has 9 aromatic carbocycles. The molecule has 0 radical (unpaired) electrons. The standard InChI is InChI=1S/C50H33NO/c1-2-11-34(12-3-1)35-21-27-40(28-22-35)51(48-20-9-8-18-45(48)44-19-10-15-37-13-4-6-16-42(37)44)41-29-23-36(24-30-41)39-26-31-46-47-32-25-38-14-5-7-17-43(38)50(47)52-49(46)33-39/h1-33H. The minimum Gasteiger partial charge on any atom is -0.455 e. The van der Waals surface area contributed by atoms with E-state index in [0.717, 1.165) is 55.5 Å². The summed E-state index contributed by atoms with van der Waals surface area (Å²) in [6, 6.07) is 71.7. The molecule has 0 fully saturated rings.